The first-order valence-corrected chi connectivity index (χ1v) is 8.42. The molecular formula is C11H22Cl2N4OS. The Morgan fingerprint density at radius 1 is 1.42 bits per heavy atom. The van der Waals surface area contributed by atoms with Crippen LogP contribution in [-0.2, 0) is 4.74 Å². The Bertz CT molecular complexity index is 275. The third-order valence-electron chi connectivity index (χ3n) is 2.91. The summed E-state index contributed by atoms with van der Waals surface area (Å²) in [5.41, 5.74) is -0.466. The molecule has 1 saturated heterocycles. The first-order valence-electron chi connectivity index (χ1n) is 6.22. The van der Waals surface area contributed by atoms with Gasteiger partial charge in [0.2, 0.25) is 0 Å². The second kappa shape index (κ2) is 10.1. The fraction of sp³-hybridized carbons (Fsp3) is 0.909. The lowest BCUT2D eigenvalue weighted by Crippen LogP contribution is -2.49. The summed E-state index contributed by atoms with van der Waals surface area (Å²) >= 11 is 13.2. The largest absolute Gasteiger partial charge is 0.383 e. The Labute approximate surface area is 129 Å². The molecule has 0 saturated carbocycles. The minimum Gasteiger partial charge on any atom is -0.383 e. The Morgan fingerprint density at radius 3 is 2.63 bits per heavy atom. The van der Waals surface area contributed by atoms with Gasteiger partial charge >= 0.3 is 0 Å². The van der Waals surface area contributed by atoms with Gasteiger partial charge in [-0.2, -0.15) is 0 Å². The molecule has 0 bridgehead atoms. The molecule has 8 heteroatoms. The summed E-state index contributed by atoms with van der Waals surface area (Å²) in [5, 5.41) is 3.82. The molecule has 0 amide bonds. The number of halogens is 2. The van der Waals surface area contributed by atoms with E-state index in [1.54, 1.807) is 18.9 Å². The molecule has 0 aromatic heterocycles. The first kappa shape index (κ1) is 17.3. The predicted octanol–water partition coefficient (Wildman–Crippen LogP) is 1.28. The average molecular weight is 329 g/mol. The minimum absolute atomic E-state index is 0.296. The number of ether oxygens (including phenoxy) is 1. The molecule has 0 aromatic rings. The van der Waals surface area contributed by atoms with E-state index < -0.39 is 5.62 Å². The van der Waals surface area contributed by atoms with E-state index in [-0.39, 0.29) is 0 Å². The molecule has 5 nitrogen and oxygen atoms in total. The van der Waals surface area contributed by atoms with Gasteiger partial charge in [-0.15, -0.1) is 11.6 Å². The van der Waals surface area contributed by atoms with Crippen LogP contribution in [0.25, 0.3) is 0 Å². The van der Waals surface area contributed by atoms with Gasteiger partial charge in [-0.3, -0.25) is 10.2 Å². The van der Waals surface area contributed by atoms with E-state index in [9.17, 15) is 0 Å². The van der Waals surface area contributed by atoms with E-state index in [0.717, 1.165) is 44.5 Å². The van der Waals surface area contributed by atoms with Crippen LogP contribution in [0.4, 0.5) is 0 Å². The zero-order valence-electron chi connectivity index (χ0n) is 11.4. The molecule has 1 atom stereocenters. The maximum Gasteiger partial charge on any atom is 0.179 e. The van der Waals surface area contributed by atoms with E-state index in [2.05, 4.69) is 20.1 Å². The van der Waals surface area contributed by atoms with Gasteiger partial charge in [-0.05, 0) is 6.26 Å². The lowest BCUT2D eigenvalue weighted by molar-refractivity contribution is 0.121. The van der Waals surface area contributed by atoms with Gasteiger partial charge in [-0.1, -0.05) is 23.4 Å². The molecule has 1 heterocycles. The summed E-state index contributed by atoms with van der Waals surface area (Å²) < 4.78 is 5.10. The van der Waals surface area contributed by atoms with Crippen molar-refractivity contribution >= 4 is 40.1 Å². The van der Waals surface area contributed by atoms with Crippen molar-refractivity contribution in [3.63, 3.8) is 0 Å². The molecule has 112 valence electrons. The van der Waals surface area contributed by atoms with E-state index in [4.69, 9.17) is 27.9 Å². The summed E-state index contributed by atoms with van der Waals surface area (Å²) in [5.74, 6) is 0. The molecule has 19 heavy (non-hydrogen) atoms. The van der Waals surface area contributed by atoms with Crippen LogP contribution < -0.4 is 5.32 Å². The van der Waals surface area contributed by atoms with Crippen molar-refractivity contribution in [2.45, 2.75) is 5.62 Å². The summed E-state index contributed by atoms with van der Waals surface area (Å²) in [6.07, 6.45) is 2.01. The van der Waals surface area contributed by atoms with Crippen LogP contribution in [0.5, 0.6) is 0 Å². The second-order valence-corrected chi connectivity index (χ2v) is 5.56. The zero-order chi connectivity index (χ0) is 14.1. The number of rotatable bonds is 6. The van der Waals surface area contributed by atoms with E-state index in [0.29, 0.717) is 6.00 Å². The van der Waals surface area contributed by atoms with Crippen LogP contribution in [0.15, 0.2) is 4.99 Å². The molecule has 0 radical (unpaired) electrons. The molecule has 1 unspecified atom stereocenters. The topological polar surface area (TPSA) is 40.1 Å². The Hall–Kier alpha value is 0.280. The number of piperazine rings is 1. The number of alkyl halides is 2. The molecule has 1 fully saturated rings. The van der Waals surface area contributed by atoms with Gasteiger partial charge in [0.25, 0.3) is 0 Å². The molecular weight excluding hydrogens is 307 g/mol. The van der Waals surface area contributed by atoms with Crippen molar-refractivity contribution in [1.82, 2.24) is 15.1 Å². The van der Waals surface area contributed by atoms with Crippen LogP contribution >= 0.6 is 35.0 Å². The first-order chi connectivity index (χ1) is 9.21. The van der Waals surface area contributed by atoms with Crippen LogP contribution in [0.1, 0.15) is 0 Å². The standard InChI is InChI=1S/C11H22Cl2N4OS/c1-18-8-7-16-3-5-17(6-4-16)11(19-2)15-10(13)14-9-12/h10,14H,3-9H2,1-2H3/b15-11-. The van der Waals surface area contributed by atoms with Crippen LogP contribution in [0.2, 0.25) is 0 Å². The number of nitrogens with one attached hydrogen (secondary N) is 1. The molecule has 1 aliphatic rings. The van der Waals surface area contributed by atoms with Gasteiger partial charge in [-0.25, -0.2) is 4.99 Å². The van der Waals surface area contributed by atoms with E-state index in [1.165, 1.54) is 0 Å². The number of hydrogen-bond donors (Lipinski definition) is 1. The highest BCUT2D eigenvalue weighted by molar-refractivity contribution is 8.13. The number of amidine groups is 1. The Morgan fingerprint density at radius 2 is 2.11 bits per heavy atom. The Kier molecular flexibility index (Phi) is 9.19. The zero-order valence-corrected chi connectivity index (χ0v) is 13.8. The summed E-state index contributed by atoms with van der Waals surface area (Å²) in [4.78, 5) is 9.09. The van der Waals surface area contributed by atoms with E-state index >= 15 is 0 Å². The van der Waals surface area contributed by atoms with Gasteiger partial charge in [0.15, 0.2) is 10.8 Å². The molecule has 0 aromatic carbocycles. The average Bonchev–Trinajstić information content (AvgIpc) is 2.43. The number of hydrogen-bond acceptors (Lipinski definition) is 5. The Balaban J connectivity index is 2.43. The summed E-state index contributed by atoms with van der Waals surface area (Å²) in [6.45, 7) is 5.76. The van der Waals surface area contributed by atoms with Crippen molar-refractivity contribution < 1.29 is 4.74 Å². The molecule has 0 aliphatic carbocycles. The molecule has 1 N–H and O–H groups in total. The highest BCUT2D eigenvalue weighted by Crippen LogP contribution is 2.11. The van der Waals surface area contributed by atoms with Gasteiger partial charge in [0, 0.05) is 39.8 Å². The number of nitrogens with zero attached hydrogens (tertiary/aromatic N) is 3. The lowest BCUT2D eigenvalue weighted by Gasteiger charge is -2.36. The second-order valence-electron chi connectivity index (χ2n) is 4.11. The minimum atomic E-state index is -0.466. The number of aliphatic imine (C=N–C) groups is 1. The van der Waals surface area contributed by atoms with Crippen LogP contribution in [0, 0.1) is 0 Å². The monoisotopic (exact) mass is 328 g/mol. The van der Waals surface area contributed by atoms with Crippen LogP contribution in [-0.4, -0.2) is 79.3 Å². The predicted molar refractivity (Wildman–Crippen MR) is 84.3 cm³/mol. The SMILES string of the molecule is COCCN1CCN(/C(=N/C(Cl)NCCl)SC)CC1. The van der Waals surface area contributed by atoms with Crippen LogP contribution in [0.3, 0.4) is 0 Å². The van der Waals surface area contributed by atoms with Crippen molar-refractivity contribution in [1.29, 1.82) is 0 Å². The van der Waals surface area contributed by atoms with Crippen molar-refractivity contribution in [3.8, 4) is 0 Å². The highest BCUT2D eigenvalue weighted by atomic mass is 35.5. The molecule has 1 rings (SSSR count). The third-order valence-corrected chi connectivity index (χ3v) is 4.04. The maximum atomic E-state index is 6.02. The van der Waals surface area contributed by atoms with Crippen molar-refractivity contribution in [3.05, 3.63) is 0 Å². The lowest BCUT2D eigenvalue weighted by atomic mass is 10.3. The normalized spacial score (nSPS) is 19.8. The number of methoxy groups -OCH3 is 1. The molecule has 1 aliphatic heterocycles. The quantitative estimate of drug-likeness (QED) is 0.344. The van der Waals surface area contributed by atoms with Crippen molar-refractivity contribution in [2.24, 2.45) is 4.99 Å². The van der Waals surface area contributed by atoms with Gasteiger partial charge in [0.05, 0.1) is 12.6 Å². The fourth-order valence-corrected chi connectivity index (χ4v) is 2.96. The third kappa shape index (κ3) is 6.51. The highest BCUT2D eigenvalue weighted by Gasteiger charge is 2.19. The maximum absolute atomic E-state index is 6.02. The number of thioether (sulfide) groups is 1. The summed E-state index contributed by atoms with van der Waals surface area (Å²) in [6, 6.07) is 0.296. The smallest absolute Gasteiger partial charge is 0.179 e. The summed E-state index contributed by atoms with van der Waals surface area (Å²) in [7, 11) is 1.74. The van der Waals surface area contributed by atoms with Gasteiger partial charge < -0.3 is 9.64 Å². The van der Waals surface area contributed by atoms with Crippen molar-refractivity contribution in [2.75, 3.05) is 58.7 Å². The fourth-order valence-electron chi connectivity index (χ4n) is 1.85. The molecule has 0 spiro atoms. The van der Waals surface area contributed by atoms with Gasteiger partial charge in [0.1, 0.15) is 0 Å². The van der Waals surface area contributed by atoms with E-state index in [1.807, 2.05) is 6.26 Å².